The summed E-state index contributed by atoms with van der Waals surface area (Å²) in [5.41, 5.74) is 1.31. The first-order chi connectivity index (χ1) is 9.94. The standard InChI is InChI=1S/C13H18N4O3S/c1-4-6-14-12-8-11(5-7-15-12)21(18,19)17-13-9(2)10(3)16-20-13/h5,7-8,17H,4,6H2,1-3H3,(H,14,15). The number of rotatable bonds is 6. The summed E-state index contributed by atoms with van der Waals surface area (Å²) in [6.07, 6.45) is 2.37. The van der Waals surface area contributed by atoms with E-state index in [4.69, 9.17) is 4.52 Å². The van der Waals surface area contributed by atoms with Gasteiger partial charge in [-0.15, -0.1) is 0 Å². The smallest absolute Gasteiger partial charge is 0.264 e. The van der Waals surface area contributed by atoms with Crippen LogP contribution in [0.1, 0.15) is 24.6 Å². The normalized spacial score (nSPS) is 11.4. The molecule has 21 heavy (non-hydrogen) atoms. The Balaban J connectivity index is 2.25. The summed E-state index contributed by atoms with van der Waals surface area (Å²) in [7, 11) is -3.73. The first-order valence-electron chi connectivity index (χ1n) is 6.59. The lowest BCUT2D eigenvalue weighted by atomic mass is 10.3. The van der Waals surface area contributed by atoms with Crippen LogP contribution in [-0.2, 0) is 10.0 Å². The molecule has 2 N–H and O–H groups in total. The van der Waals surface area contributed by atoms with Crippen LogP contribution in [0.15, 0.2) is 27.7 Å². The summed E-state index contributed by atoms with van der Waals surface area (Å²) >= 11 is 0. The van der Waals surface area contributed by atoms with E-state index in [1.165, 1.54) is 18.3 Å². The van der Waals surface area contributed by atoms with Gasteiger partial charge in [0.05, 0.1) is 10.6 Å². The molecule has 0 bridgehead atoms. The molecule has 0 atom stereocenters. The van der Waals surface area contributed by atoms with Crippen molar-refractivity contribution in [1.82, 2.24) is 10.1 Å². The maximum atomic E-state index is 12.3. The molecule has 2 heterocycles. The van der Waals surface area contributed by atoms with Crippen molar-refractivity contribution in [2.24, 2.45) is 0 Å². The quantitative estimate of drug-likeness (QED) is 0.849. The minimum atomic E-state index is -3.73. The Morgan fingerprint density at radius 3 is 2.71 bits per heavy atom. The van der Waals surface area contributed by atoms with Crippen LogP contribution < -0.4 is 10.0 Å². The molecule has 0 aliphatic carbocycles. The zero-order valence-electron chi connectivity index (χ0n) is 12.2. The Morgan fingerprint density at radius 1 is 1.33 bits per heavy atom. The van der Waals surface area contributed by atoms with Crippen molar-refractivity contribution < 1.29 is 12.9 Å². The van der Waals surface area contributed by atoms with E-state index in [1.54, 1.807) is 13.8 Å². The monoisotopic (exact) mass is 310 g/mol. The second-order valence-corrected chi connectivity index (χ2v) is 6.31. The number of nitrogens with zero attached hydrogens (tertiary/aromatic N) is 2. The molecule has 0 radical (unpaired) electrons. The van der Waals surface area contributed by atoms with Gasteiger partial charge in [0, 0.05) is 24.4 Å². The third-order valence-corrected chi connectivity index (χ3v) is 4.31. The highest BCUT2D eigenvalue weighted by molar-refractivity contribution is 7.92. The number of nitrogens with one attached hydrogen (secondary N) is 2. The number of aromatic nitrogens is 2. The Kier molecular flexibility index (Phi) is 4.46. The van der Waals surface area contributed by atoms with Crippen LogP contribution >= 0.6 is 0 Å². The molecule has 0 aliphatic heterocycles. The van der Waals surface area contributed by atoms with Crippen LogP contribution in [0, 0.1) is 13.8 Å². The number of pyridine rings is 1. The van der Waals surface area contributed by atoms with Gasteiger partial charge in [0.2, 0.25) is 5.88 Å². The molecule has 2 aromatic rings. The molecular formula is C13H18N4O3S. The zero-order chi connectivity index (χ0) is 15.5. The highest BCUT2D eigenvalue weighted by Crippen LogP contribution is 2.22. The lowest BCUT2D eigenvalue weighted by molar-refractivity contribution is 0.430. The Bertz CT molecular complexity index is 725. The van der Waals surface area contributed by atoms with Gasteiger partial charge in [0.1, 0.15) is 5.82 Å². The molecule has 7 nitrogen and oxygen atoms in total. The van der Waals surface area contributed by atoms with Gasteiger partial charge in [0.15, 0.2) is 0 Å². The molecule has 0 saturated heterocycles. The van der Waals surface area contributed by atoms with Gasteiger partial charge < -0.3 is 9.84 Å². The van der Waals surface area contributed by atoms with E-state index in [1.807, 2.05) is 6.92 Å². The van der Waals surface area contributed by atoms with Gasteiger partial charge in [-0.1, -0.05) is 12.1 Å². The van der Waals surface area contributed by atoms with E-state index < -0.39 is 10.0 Å². The molecule has 8 heteroatoms. The van der Waals surface area contributed by atoms with Gasteiger partial charge in [-0.25, -0.2) is 18.1 Å². The fourth-order valence-electron chi connectivity index (χ4n) is 1.62. The van der Waals surface area contributed by atoms with E-state index in [0.717, 1.165) is 13.0 Å². The van der Waals surface area contributed by atoms with Crippen molar-refractivity contribution in [3.63, 3.8) is 0 Å². The van der Waals surface area contributed by atoms with Crippen LogP contribution in [0.3, 0.4) is 0 Å². The molecule has 2 rings (SSSR count). The van der Waals surface area contributed by atoms with E-state index in [-0.39, 0.29) is 10.8 Å². The molecular weight excluding hydrogens is 292 g/mol. The van der Waals surface area contributed by atoms with Crippen molar-refractivity contribution >= 4 is 21.7 Å². The lowest BCUT2D eigenvalue weighted by Gasteiger charge is -2.08. The lowest BCUT2D eigenvalue weighted by Crippen LogP contribution is -2.14. The average molecular weight is 310 g/mol. The highest BCUT2D eigenvalue weighted by Gasteiger charge is 2.19. The summed E-state index contributed by atoms with van der Waals surface area (Å²) in [5, 5.41) is 6.77. The van der Waals surface area contributed by atoms with Crippen molar-refractivity contribution in [3.05, 3.63) is 29.6 Å². The first-order valence-corrected chi connectivity index (χ1v) is 8.08. The number of hydrogen-bond donors (Lipinski definition) is 2. The molecule has 0 fully saturated rings. The minimum absolute atomic E-state index is 0.115. The number of sulfonamides is 1. The molecule has 2 aromatic heterocycles. The molecule has 114 valence electrons. The Labute approximate surface area is 123 Å². The van der Waals surface area contributed by atoms with Crippen LogP contribution in [0.5, 0.6) is 0 Å². The summed E-state index contributed by atoms with van der Waals surface area (Å²) in [6.45, 7) is 6.23. The van der Waals surface area contributed by atoms with Crippen LogP contribution in [0.25, 0.3) is 0 Å². The van der Waals surface area contributed by atoms with E-state index >= 15 is 0 Å². The number of aryl methyl sites for hydroxylation is 1. The maximum Gasteiger partial charge on any atom is 0.264 e. The average Bonchev–Trinajstić information content (AvgIpc) is 2.77. The highest BCUT2D eigenvalue weighted by atomic mass is 32.2. The maximum absolute atomic E-state index is 12.3. The molecule has 0 aromatic carbocycles. The van der Waals surface area contributed by atoms with Crippen molar-refractivity contribution in [3.8, 4) is 0 Å². The van der Waals surface area contributed by atoms with Gasteiger partial charge in [0.25, 0.3) is 10.0 Å². The minimum Gasteiger partial charge on any atom is -0.370 e. The zero-order valence-corrected chi connectivity index (χ0v) is 13.0. The molecule has 0 amide bonds. The van der Waals surface area contributed by atoms with E-state index in [2.05, 4.69) is 20.2 Å². The van der Waals surface area contributed by atoms with Gasteiger partial charge in [-0.3, -0.25) is 0 Å². The summed E-state index contributed by atoms with van der Waals surface area (Å²) in [5.74, 6) is 0.651. The molecule has 0 spiro atoms. The number of anilines is 2. The Morgan fingerprint density at radius 2 is 2.10 bits per heavy atom. The second kappa shape index (κ2) is 6.13. The molecule has 0 saturated carbocycles. The van der Waals surface area contributed by atoms with Crippen molar-refractivity contribution in [2.45, 2.75) is 32.1 Å². The third kappa shape index (κ3) is 3.52. The van der Waals surface area contributed by atoms with Crippen molar-refractivity contribution in [1.29, 1.82) is 0 Å². The second-order valence-electron chi connectivity index (χ2n) is 4.63. The summed E-state index contributed by atoms with van der Waals surface area (Å²) in [6, 6.07) is 2.91. The fraction of sp³-hybridized carbons (Fsp3) is 0.385. The van der Waals surface area contributed by atoms with Crippen LogP contribution in [-0.4, -0.2) is 25.1 Å². The van der Waals surface area contributed by atoms with Gasteiger partial charge in [-0.05, 0) is 26.3 Å². The molecule has 0 unspecified atom stereocenters. The summed E-state index contributed by atoms with van der Waals surface area (Å²) < 4.78 is 32.0. The predicted molar refractivity (Wildman–Crippen MR) is 79.8 cm³/mol. The fourth-order valence-corrected chi connectivity index (χ4v) is 2.68. The van der Waals surface area contributed by atoms with Crippen LogP contribution in [0.2, 0.25) is 0 Å². The largest absolute Gasteiger partial charge is 0.370 e. The van der Waals surface area contributed by atoms with Gasteiger partial charge >= 0.3 is 0 Å². The first kappa shape index (κ1) is 15.3. The van der Waals surface area contributed by atoms with Gasteiger partial charge in [-0.2, -0.15) is 0 Å². The number of hydrogen-bond acceptors (Lipinski definition) is 6. The SMILES string of the molecule is CCCNc1cc(S(=O)(=O)Nc2onc(C)c2C)ccn1. The third-order valence-electron chi connectivity index (χ3n) is 2.98. The van der Waals surface area contributed by atoms with Crippen LogP contribution in [0.4, 0.5) is 11.7 Å². The predicted octanol–water partition coefficient (Wildman–Crippen LogP) is 2.31. The molecule has 0 aliphatic rings. The topological polar surface area (TPSA) is 97.1 Å². The Hall–Kier alpha value is -2.09. The van der Waals surface area contributed by atoms with E-state index in [0.29, 0.717) is 17.1 Å². The van der Waals surface area contributed by atoms with E-state index in [9.17, 15) is 8.42 Å². The van der Waals surface area contributed by atoms with Crippen molar-refractivity contribution in [2.75, 3.05) is 16.6 Å². The summed E-state index contributed by atoms with van der Waals surface area (Å²) in [4.78, 5) is 4.20.